The highest BCUT2D eigenvalue weighted by Gasteiger charge is 2.26. The van der Waals surface area contributed by atoms with E-state index in [1.54, 1.807) is 45.8 Å². The molecule has 8 nitrogen and oxygen atoms in total. The zero-order chi connectivity index (χ0) is 22.1. The van der Waals surface area contributed by atoms with Gasteiger partial charge in [-0.3, -0.25) is 9.59 Å². The minimum absolute atomic E-state index is 0.0796. The standard InChI is InChI=1S/C22H24ClN5O3/c1-14-11-15(2)24-20-19(14)21(25-26(20)3)31-13-18(29)27-7-9-28(10-8-27)22(30)16-5-4-6-17(23)12-16/h4-6,11-12H,7-10,13H2,1-3H3. The number of nitrogens with zero attached hydrogens (tertiary/aromatic N) is 5. The average Bonchev–Trinajstić information content (AvgIpc) is 3.07. The third kappa shape index (κ3) is 4.34. The maximum Gasteiger partial charge on any atom is 0.260 e. The molecule has 31 heavy (non-hydrogen) atoms. The zero-order valence-electron chi connectivity index (χ0n) is 17.8. The van der Waals surface area contributed by atoms with E-state index in [0.717, 1.165) is 22.3 Å². The number of fused-ring (bicyclic) bond motifs is 1. The molecule has 4 rings (SSSR count). The Bertz CT molecular complexity index is 1150. The zero-order valence-corrected chi connectivity index (χ0v) is 18.5. The van der Waals surface area contributed by atoms with Crippen LogP contribution in [0.3, 0.4) is 0 Å². The van der Waals surface area contributed by atoms with Gasteiger partial charge in [-0.25, -0.2) is 9.67 Å². The lowest BCUT2D eigenvalue weighted by Crippen LogP contribution is -2.51. The van der Waals surface area contributed by atoms with E-state index in [2.05, 4.69) is 10.1 Å². The maximum absolute atomic E-state index is 12.7. The number of aryl methyl sites for hydroxylation is 3. The first kappa shape index (κ1) is 21.1. The molecule has 0 saturated carbocycles. The highest BCUT2D eigenvalue weighted by Crippen LogP contribution is 2.27. The van der Waals surface area contributed by atoms with Gasteiger partial charge >= 0.3 is 0 Å². The highest BCUT2D eigenvalue weighted by atomic mass is 35.5. The van der Waals surface area contributed by atoms with Crippen molar-refractivity contribution in [1.82, 2.24) is 24.6 Å². The molecule has 1 aliphatic heterocycles. The molecule has 0 atom stereocenters. The van der Waals surface area contributed by atoms with E-state index < -0.39 is 0 Å². The second-order valence-electron chi connectivity index (χ2n) is 7.68. The summed E-state index contributed by atoms with van der Waals surface area (Å²) >= 11 is 5.99. The molecule has 1 saturated heterocycles. The van der Waals surface area contributed by atoms with E-state index in [1.165, 1.54) is 0 Å². The van der Waals surface area contributed by atoms with Gasteiger partial charge in [-0.05, 0) is 43.7 Å². The highest BCUT2D eigenvalue weighted by molar-refractivity contribution is 6.30. The second kappa shape index (κ2) is 8.55. The number of piperazine rings is 1. The summed E-state index contributed by atoms with van der Waals surface area (Å²) in [6.45, 7) is 5.64. The van der Waals surface area contributed by atoms with E-state index in [4.69, 9.17) is 16.3 Å². The van der Waals surface area contributed by atoms with Gasteiger partial charge in [-0.2, -0.15) is 0 Å². The monoisotopic (exact) mass is 441 g/mol. The number of pyridine rings is 1. The Labute approximate surface area is 185 Å². The topological polar surface area (TPSA) is 80.6 Å². The molecular formula is C22H24ClN5O3. The molecule has 0 aliphatic carbocycles. The lowest BCUT2D eigenvalue weighted by molar-refractivity contribution is -0.134. The van der Waals surface area contributed by atoms with Crippen LogP contribution in [0.25, 0.3) is 11.0 Å². The van der Waals surface area contributed by atoms with E-state index in [1.807, 2.05) is 19.9 Å². The van der Waals surface area contributed by atoms with Crippen LogP contribution in [0.1, 0.15) is 21.6 Å². The van der Waals surface area contributed by atoms with Crippen LogP contribution in [0.4, 0.5) is 0 Å². The van der Waals surface area contributed by atoms with Gasteiger partial charge in [-0.1, -0.05) is 17.7 Å². The van der Waals surface area contributed by atoms with Crippen molar-refractivity contribution in [1.29, 1.82) is 0 Å². The number of amides is 2. The van der Waals surface area contributed by atoms with Crippen molar-refractivity contribution in [3.05, 3.63) is 52.2 Å². The Balaban J connectivity index is 1.36. The molecule has 0 spiro atoms. The number of benzene rings is 1. The average molecular weight is 442 g/mol. The van der Waals surface area contributed by atoms with Crippen LogP contribution in [-0.2, 0) is 11.8 Å². The Kier molecular flexibility index (Phi) is 5.82. The third-order valence-corrected chi connectivity index (χ3v) is 5.65. The van der Waals surface area contributed by atoms with Gasteiger partial charge in [0.1, 0.15) is 0 Å². The van der Waals surface area contributed by atoms with E-state index in [9.17, 15) is 9.59 Å². The number of carbonyl (C=O) groups is 2. The molecule has 0 N–H and O–H groups in total. The Morgan fingerprint density at radius 2 is 1.81 bits per heavy atom. The summed E-state index contributed by atoms with van der Waals surface area (Å²) in [6, 6.07) is 8.86. The molecule has 1 aliphatic rings. The summed E-state index contributed by atoms with van der Waals surface area (Å²) in [4.78, 5) is 33.3. The predicted octanol–water partition coefficient (Wildman–Crippen LogP) is 2.60. The summed E-state index contributed by atoms with van der Waals surface area (Å²) < 4.78 is 7.44. The van der Waals surface area contributed by atoms with E-state index in [-0.39, 0.29) is 18.4 Å². The number of halogens is 1. The van der Waals surface area contributed by atoms with Gasteiger partial charge in [0.15, 0.2) is 12.3 Å². The number of hydrogen-bond donors (Lipinski definition) is 0. The Hall–Kier alpha value is -3.13. The van der Waals surface area contributed by atoms with Gasteiger partial charge < -0.3 is 14.5 Å². The smallest absolute Gasteiger partial charge is 0.260 e. The molecule has 162 valence electrons. The quantitative estimate of drug-likeness (QED) is 0.621. The normalized spacial score (nSPS) is 14.2. The van der Waals surface area contributed by atoms with Crippen LogP contribution >= 0.6 is 11.6 Å². The minimum Gasteiger partial charge on any atom is -0.466 e. The first-order chi connectivity index (χ1) is 14.8. The fraction of sp³-hybridized carbons (Fsp3) is 0.364. The first-order valence-corrected chi connectivity index (χ1v) is 10.5. The largest absolute Gasteiger partial charge is 0.466 e. The summed E-state index contributed by atoms with van der Waals surface area (Å²) in [5.41, 5.74) is 3.19. The van der Waals surface area contributed by atoms with Gasteiger partial charge in [0.25, 0.3) is 11.8 Å². The van der Waals surface area contributed by atoms with Crippen LogP contribution in [0.15, 0.2) is 30.3 Å². The molecule has 2 aromatic heterocycles. The number of aromatic nitrogens is 3. The number of ether oxygens (including phenoxy) is 1. The summed E-state index contributed by atoms with van der Waals surface area (Å²) in [5.74, 6) is 0.195. The summed E-state index contributed by atoms with van der Waals surface area (Å²) in [5, 5.41) is 5.73. The third-order valence-electron chi connectivity index (χ3n) is 5.41. The van der Waals surface area contributed by atoms with E-state index in [0.29, 0.717) is 42.6 Å². The van der Waals surface area contributed by atoms with Gasteiger partial charge in [0.05, 0.1) is 5.39 Å². The van der Waals surface area contributed by atoms with Crippen LogP contribution in [0.2, 0.25) is 5.02 Å². The van der Waals surface area contributed by atoms with Crippen molar-refractivity contribution >= 4 is 34.4 Å². The first-order valence-electron chi connectivity index (χ1n) is 10.1. The molecule has 0 unspecified atom stereocenters. The van der Waals surface area contributed by atoms with Crippen molar-refractivity contribution in [2.45, 2.75) is 13.8 Å². The molecule has 3 heterocycles. The van der Waals surface area contributed by atoms with Crippen molar-refractivity contribution in [3.8, 4) is 5.88 Å². The van der Waals surface area contributed by atoms with E-state index >= 15 is 0 Å². The van der Waals surface area contributed by atoms with Crippen LogP contribution in [0, 0.1) is 13.8 Å². The van der Waals surface area contributed by atoms with Gasteiger partial charge in [0, 0.05) is 49.5 Å². The molecule has 1 aromatic carbocycles. The fourth-order valence-electron chi connectivity index (χ4n) is 3.83. The molecule has 9 heteroatoms. The molecule has 1 fully saturated rings. The lowest BCUT2D eigenvalue weighted by Gasteiger charge is -2.34. The lowest BCUT2D eigenvalue weighted by atomic mass is 10.2. The van der Waals surface area contributed by atoms with Crippen molar-refractivity contribution in [2.75, 3.05) is 32.8 Å². The van der Waals surface area contributed by atoms with Crippen molar-refractivity contribution in [2.24, 2.45) is 7.05 Å². The number of rotatable bonds is 4. The van der Waals surface area contributed by atoms with Crippen LogP contribution < -0.4 is 4.74 Å². The Morgan fingerprint density at radius 1 is 1.10 bits per heavy atom. The van der Waals surface area contributed by atoms with Crippen LogP contribution in [0.5, 0.6) is 5.88 Å². The fourth-order valence-corrected chi connectivity index (χ4v) is 4.02. The predicted molar refractivity (Wildman–Crippen MR) is 117 cm³/mol. The number of hydrogen-bond acceptors (Lipinski definition) is 5. The Morgan fingerprint density at radius 3 is 2.52 bits per heavy atom. The summed E-state index contributed by atoms with van der Waals surface area (Å²) in [7, 11) is 1.80. The van der Waals surface area contributed by atoms with Crippen molar-refractivity contribution < 1.29 is 14.3 Å². The second-order valence-corrected chi connectivity index (χ2v) is 8.12. The molecule has 0 bridgehead atoms. The van der Waals surface area contributed by atoms with Crippen molar-refractivity contribution in [3.63, 3.8) is 0 Å². The van der Waals surface area contributed by atoms with Crippen LogP contribution in [-0.4, -0.2) is 69.2 Å². The summed E-state index contributed by atoms with van der Waals surface area (Å²) in [6.07, 6.45) is 0. The maximum atomic E-state index is 12.7. The minimum atomic E-state index is -0.133. The molecule has 3 aromatic rings. The molecule has 0 radical (unpaired) electrons. The number of carbonyl (C=O) groups excluding carboxylic acids is 2. The molecule has 2 amide bonds. The molecular weight excluding hydrogens is 418 g/mol. The van der Waals surface area contributed by atoms with Gasteiger partial charge in [-0.15, -0.1) is 5.10 Å². The van der Waals surface area contributed by atoms with Gasteiger partial charge in [0.2, 0.25) is 5.88 Å². The SMILES string of the molecule is Cc1cc(C)c2c(OCC(=O)N3CCN(C(=O)c4cccc(Cl)c4)CC3)nn(C)c2n1.